The zero-order chi connectivity index (χ0) is 25.8. The smallest absolute Gasteiger partial charge is 0.243 e. The van der Waals surface area contributed by atoms with Gasteiger partial charge in [-0.1, -0.05) is 6.07 Å². The normalized spacial score (nSPS) is 16.6. The lowest BCUT2D eigenvalue weighted by Crippen LogP contribution is -2.59. The van der Waals surface area contributed by atoms with Crippen molar-refractivity contribution in [3.05, 3.63) is 65.9 Å². The molecule has 0 aliphatic carbocycles. The minimum absolute atomic E-state index is 0.00589. The van der Waals surface area contributed by atoms with Gasteiger partial charge in [-0.05, 0) is 93.4 Å². The summed E-state index contributed by atoms with van der Waals surface area (Å²) in [4.78, 5) is 11.5. The van der Waals surface area contributed by atoms with Gasteiger partial charge in [0.25, 0.3) is 0 Å². The van der Waals surface area contributed by atoms with E-state index in [2.05, 4.69) is 56.8 Å². The molecule has 2 aliphatic heterocycles. The van der Waals surface area contributed by atoms with Crippen LogP contribution in [-0.2, 0) is 10.0 Å². The van der Waals surface area contributed by atoms with Gasteiger partial charge < -0.3 is 20.9 Å². The number of nitrogens with one attached hydrogen (secondary N) is 3. The first-order chi connectivity index (χ1) is 17.9. The van der Waals surface area contributed by atoms with Crippen molar-refractivity contribution in [3.8, 4) is 0 Å². The Bertz CT molecular complexity index is 1320. The number of hydrogen-bond donors (Lipinski definition) is 3. The third-order valence-corrected chi connectivity index (χ3v) is 9.12. The van der Waals surface area contributed by atoms with Crippen LogP contribution in [0.15, 0.2) is 59.6 Å². The molecular formula is C27H35N7O2S. The van der Waals surface area contributed by atoms with E-state index in [9.17, 15) is 8.42 Å². The molecular weight excluding hydrogens is 486 g/mol. The number of rotatable bonds is 10. The van der Waals surface area contributed by atoms with Gasteiger partial charge in [0.1, 0.15) is 5.82 Å². The summed E-state index contributed by atoms with van der Waals surface area (Å²) in [6.45, 7) is 8.96. The molecule has 2 aliphatic rings. The summed E-state index contributed by atoms with van der Waals surface area (Å²) in [5.41, 5.74) is 4.12. The largest absolute Gasteiger partial charge is 0.340 e. The van der Waals surface area contributed by atoms with Crippen LogP contribution < -0.4 is 16.0 Å². The molecule has 0 spiro atoms. The number of aryl methyl sites for hydroxylation is 2. The molecule has 0 unspecified atom stereocenters. The van der Waals surface area contributed by atoms with Crippen LogP contribution in [0, 0.1) is 13.8 Å². The molecule has 2 saturated heterocycles. The molecule has 0 saturated carbocycles. The van der Waals surface area contributed by atoms with Crippen molar-refractivity contribution >= 4 is 33.2 Å². The predicted molar refractivity (Wildman–Crippen MR) is 147 cm³/mol. The number of nitrogens with zero attached hydrogens (tertiary/aromatic N) is 4. The van der Waals surface area contributed by atoms with Crippen molar-refractivity contribution in [3.63, 3.8) is 0 Å². The first-order valence-electron chi connectivity index (χ1n) is 12.9. The van der Waals surface area contributed by atoms with E-state index in [1.54, 1.807) is 34.8 Å². The van der Waals surface area contributed by atoms with Crippen LogP contribution in [0.25, 0.3) is 0 Å². The summed E-state index contributed by atoms with van der Waals surface area (Å²) < 4.78 is 28.7. The molecule has 10 heteroatoms. The van der Waals surface area contributed by atoms with Gasteiger partial charge in [-0.3, -0.25) is 0 Å². The lowest BCUT2D eigenvalue weighted by Gasteiger charge is -2.38. The quantitative estimate of drug-likeness (QED) is 0.372. The number of aromatic nitrogens is 2. The highest BCUT2D eigenvalue weighted by Crippen LogP contribution is 2.24. The Hall–Kier alpha value is -3.05. The summed E-state index contributed by atoms with van der Waals surface area (Å²) in [5, 5.41) is 9.69. The van der Waals surface area contributed by atoms with Crippen LogP contribution in [0.1, 0.15) is 24.0 Å². The molecule has 9 nitrogen and oxygen atoms in total. The second kappa shape index (κ2) is 11.1. The van der Waals surface area contributed by atoms with Gasteiger partial charge in [0.2, 0.25) is 16.0 Å². The first kappa shape index (κ1) is 25.6. The molecule has 2 fully saturated rings. The van der Waals surface area contributed by atoms with Crippen LogP contribution in [-0.4, -0.2) is 72.9 Å². The average Bonchev–Trinajstić information content (AvgIpc) is 3.37. The molecule has 3 aromatic rings. The maximum atomic E-state index is 13.5. The Balaban J connectivity index is 1.26. The molecule has 3 N–H and O–H groups in total. The molecule has 196 valence electrons. The van der Waals surface area contributed by atoms with Crippen molar-refractivity contribution in [1.82, 2.24) is 24.5 Å². The highest BCUT2D eigenvalue weighted by Gasteiger charge is 2.35. The number of sulfonamides is 1. The number of likely N-dealkylation sites (tertiary alicyclic amines) is 1. The molecule has 0 bridgehead atoms. The van der Waals surface area contributed by atoms with Gasteiger partial charge >= 0.3 is 0 Å². The topological polar surface area (TPSA) is 102 Å². The molecule has 3 heterocycles. The lowest BCUT2D eigenvalue weighted by molar-refractivity contribution is 0.213. The maximum Gasteiger partial charge on any atom is 0.243 e. The van der Waals surface area contributed by atoms with Gasteiger partial charge in [-0.15, -0.1) is 0 Å². The fourth-order valence-electron chi connectivity index (χ4n) is 4.65. The van der Waals surface area contributed by atoms with Gasteiger partial charge in [0, 0.05) is 43.8 Å². The fourth-order valence-corrected chi connectivity index (χ4v) is 6.27. The van der Waals surface area contributed by atoms with Gasteiger partial charge in [-0.25, -0.2) is 13.4 Å². The highest BCUT2D eigenvalue weighted by molar-refractivity contribution is 7.89. The first-order valence-corrected chi connectivity index (χ1v) is 14.3. The average molecular weight is 522 g/mol. The zero-order valence-corrected chi connectivity index (χ0v) is 22.3. The Labute approximate surface area is 219 Å². The van der Waals surface area contributed by atoms with Crippen molar-refractivity contribution in [2.24, 2.45) is 0 Å². The molecule has 0 radical (unpaired) electrons. The van der Waals surface area contributed by atoms with Crippen molar-refractivity contribution < 1.29 is 8.42 Å². The van der Waals surface area contributed by atoms with E-state index in [1.807, 2.05) is 12.1 Å². The molecule has 37 heavy (non-hydrogen) atoms. The Morgan fingerprint density at radius 1 is 0.973 bits per heavy atom. The van der Waals surface area contributed by atoms with E-state index in [0.29, 0.717) is 36.3 Å². The van der Waals surface area contributed by atoms with E-state index in [4.69, 9.17) is 0 Å². The standard InChI is InChI=1S/C27H35N7O2S/c1-20-5-6-23(17-21(20)2)30-26-11-12-29-27(32-26)31-22-7-9-25(10-8-22)37(35,36)34(24-18-28-19-24)16-15-33-13-3-4-14-33/h5-12,17,24,28H,3-4,13-16,18-19H2,1-2H3,(H2,29,30,31,32). The van der Waals surface area contributed by atoms with Crippen molar-refractivity contribution in [2.75, 3.05) is 49.9 Å². The Kier molecular flexibility index (Phi) is 7.71. The summed E-state index contributed by atoms with van der Waals surface area (Å²) in [6.07, 6.45) is 4.07. The van der Waals surface area contributed by atoms with Gasteiger partial charge in [0.05, 0.1) is 10.9 Å². The Morgan fingerprint density at radius 2 is 1.70 bits per heavy atom. The third-order valence-electron chi connectivity index (χ3n) is 7.15. The van der Waals surface area contributed by atoms with E-state index in [1.165, 1.54) is 24.0 Å². The van der Waals surface area contributed by atoms with Crippen molar-refractivity contribution in [2.45, 2.75) is 37.6 Å². The monoisotopic (exact) mass is 521 g/mol. The van der Waals surface area contributed by atoms with Crippen molar-refractivity contribution in [1.29, 1.82) is 0 Å². The zero-order valence-electron chi connectivity index (χ0n) is 21.4. The highest BCUT2D eigenvalue weighted by atomic mass is 32.2. The minimum atomic E-state index is -3.59. The summed E-state index contributed by atoms with van der Waals surface area (Å²) in [7, 11) is -3.59. The van der Waals surface area contributed by atoms with Crippen LogP contribution in [0.4, 0.5) is 23.1 Å². The predicted octanol–water partition coefficient (Wildman–Crippen LogP) is 3.64. The third kappa shape index (κ3) is 6.10. The van der Waals surface area contributed by atoms with Gasteiger partial charge in [-0.2, -0.15) is 9.29 Å². The van der Waals surface area contributed by atoms with Crippen LogP contribution >= 0.6 is 0 Å². The maximum absolute atomic E-state index is 13.5. The summed E-state index contributed by atoms with van der Waals surface area (Å²) >= 11 is 0. The number of hydrogen-bond acceptors (Lipinski definition) is 8. The SMILES string of the molecule is Cc1ccc(Nc2ccnc(Nc3ccc(S(=O)(=O)N(CCN4CCCC4)C4CNC4)cc3)n2)cc1C. The molecule has 2 aromatic carbocycles. The van der Waals surface area contributed by atoms with Crippen LogP contribution in [0.2, 0.25) is 0 Å². The van der Waals surface area contributed by atoms with E-state index >= 15 is 0 Å². The lowest BCUT2D eigenvalue weighted by atomic mass is 10.1. The van der Waals surface area contributed by atoms with E-state index in [0.717, 1.165) is 31.0 Å². The number of anilines is 4. The Morgan fingerprint density at radius 3 is 2.38 bits per heavy atom. The van der Waals surface area contributed by atoms with Crippen LogP contribution in [0.3, 0.4) is 0 Å². The molecule has 0 atom stereocenters. The molecule has 5 rings (SSSR count). The molecule has 1 aromatic heterocycles. The van der Waals surface area contributed by atoms with E-state index < -0.39 is 10.0 Å². The minimum Gasteiger partial charge on any atom is -0.340 e. The summed E-state index contributed by atoms with van der Waals surface area (Å²) in [6, 6.07) is 14.8. The number of benzene rings is 2. The van der Waals surface area contributed by atoms with Crippen LogP contribution in [0.5, 0.6) is 0 Å². The fraction of sp³-hybridized carbons (Fsp3) is 0.407. The van der Waals surface area contributed by atoms with E-state index in [-0.39, 0.29) is 6.04 Å². The van der Waals surface area contributed by atoms with Gasteiger partial charge in [0.15, 0.2) is 0 Å². The second-order valence-electron chi connectivity index (χ2n) is 9.82. The summed E-state index contributed by atoms with van der Waals surface area (Å²) in [5.74, 6) is 1.10. The molecule has 0 amide bonds. The second-order valence-corrected chi connectivity index (χ2v) is 11.7.